The van der Waals surface area contributed by atoms with Gasteiger partial charge in [0.05, 0.1) is 0 Å². The predicted octanol–water partition coefficient (Wildman–Crippen LogP) is 0.536. The number of sulfonamides is 1. The fourth-order valence-electron chi connectivity index (χ4n) is 1.68. The number of nitrogens with two attached hydrogens (primary N) is 1. The molecule has 0 saturated heterocycles. The second-order valence-electron chi connectivity index (χ2n) is 4.28. The number of rotatable bonds is 2. The summed E-state index contributed by atoms with van der Waals surface area (Å²) in [6.45, 7) is 0. The van der Waals surface area contributed by atoms with Crippen LogP contribution in [0.5, 0.6) is 0 Å². The molecule has 0 aliphatic carbocycles. The first kappa shape index (κ1) is 20.4. The summed E-state index contributed by atoms with van der Waals surface area (Å²) in [6.07, 6.45) is 0. The first-order valence-corrected chi connectivity index (χ1v) is 9.03. The standard InChI is InChI=1S/C6H5N3.C6H7NO5S2.Ag/c1-2-4-6-5(3-1)7-9-8-6;7-13(8,9)5-3-1-2-4-6(5)14(10,11)12;/h1-4H,(H,7,8,9);1-4H,(H2,7,8,9)(H,10,11,12);/q;;+1. The summed E-state index contributed by atoms with van der Waals surface area (Å²) in [7, 11) is -8.73. The van der Waals surface area contributed by atoms with Crippen LogP contribution in [0.25, 0.3) is 11.0 Å². The fraction of sp³-hybridized carbons (Fsp3) is 0. The minimum atomic E-state index is -4.58. The second-order valence-corrected chi connectivity index (χ2v) is 7.20. The van der Waals surface area contributed by atoms with E-state index in [-0.39, 0.29) is 22.4 Å². The van der Waals surface area contributed by atoms with E-state index in [1.54, 1.807) is 0 Å². The van der Waals surface area contributed by atoms with Crippen LogP contribution in [0.2, 0.25) is 0 Å². The number of aromatic amines is 1. The molecule has 0 aliphatic rings. The van der Waals surface area contributed by atoms with Crippen LogP contribution in [-0.2, 0) is 42.5 Å². The van der Waals surface area contributed by atoms with Crippen LogP contribution in [0.15, 0.2) is 58.3 Å². The van der Waals surface area contributed by atoms with Gasteiger partial charge in [-0.1, -0.05) is 24.3 Å². The van der Waals surface area contributed by atoms with Gasteiger partial charge in [0.15, 0.2) is 0 Å². The Balaban J connectivity index is 0.000000248. The van der Waals surface area contributed by atoms with Crippen molar-refractivity contribution in [2.75, 3.05) is 0 Å². The molecule has 12 heteroatoms. The molecule has 0 amide bonds. The van der Waals surface area contributed by atoms with Gasteiger partial charge in [-0.2, -0.15) is 23.8 Å². The first-order chi connectivity index (χ1) is 10.7. The van der Waals surface area contributed by atoms with Gasteiger partial charge >= 0.3 is 22.4 Å². The number of primary sulfonamides is 1. The summed E-state index contributed by atoms with van der Waals surface area (Å²) >= 11 is 0. The molecular formula is C12H12AgN4O5S2+. The summed E-state index contributed by atoms with van der Waals surface area (Å²) in [4.78, 5) is -1.34. The Morgan fingerprint density at radius 1 is 0.833 bits per heavy atom. The van der Waals surface area contributed by atoms with Gasteiger partial charge in [0, 0.05) is 0 Å². The maximum absolute atomic E-state index is 10.9. The fourth-order valence-corrected chi connectivity index (χ4v) is 3.54. The van der Waals surface area contributed by atoms with Crippen molar-refractivity contribution in [3.63, 3.8) is 0 Å². The van der Waals surface area contributed by atoms with Gasteiger partial charge in [-0.3, -0.25) is 4.55 Å². The molecule has 2 aromatic carbocycles. The van der Waals surface area contributed by atoms with Gasteiger partial charge in [0.2, 0.25) is 10.0 Å². The Bertz CT molecular complexity index is 953. The zero-order chi connectivity index (χ0) is 17.1. The van der Waals surface area contributed by atoms with E-state index in [0.717, 1.165) is 23.2 Å². The molecule has 0 bridgehead atoms. The van der Waals surface area contributed by atoms with E-state index in [0.29, 0.717) is 0 Å². The number of hydrogen-bond donors (Lipinski definition) is 3. The van der Waals surface area contributed by atoms with E-state index in [2.05, 4.69) is 15.4 Å². The van der Waals surface area contributed by atoms with Crippen molar-refractivity contribution in [1.29, 1.82) is 0 Å². The van der Waals surface area contributed by atoms with E-state index in [1.807, 2.05) is 24.3 Å². The van der Waals surface area contributed by atoms with Crippen LogP contribution in [0.4, 0.5) is 0 Å². The average molecular weight is 464 g/mol. The van der Waals surface area contributed by atoms with E-state index in [1.165, 1.54) is 12.1 Å². The van der Waals surface area contributed by atoms with Gasteiger partial charge in [-0.15, -0.1) is 0 Å². The summed E-state index contributed by atoms with van der Waals surface area (Å²) in [5.74, 6) is 0. The minimum absolute atomic E-state index is 0. The van der Waals surface area contributed by atoms with Gasteiger partial charge < -0.3 is 0 Å². The van der Waals surface area contributed by atoms with Gasteiger partial charge in [-0.25, -0.2) is 13.6 Å². The molecule has 0 aliphatic heterocycles. The van der Waals surface area contributed by atoms with Crippen molar-refractivity contribution >= 4 is 31.2 Å². The molecule has 0 fully saturated rings. The van der Waals surface area contributed by atoms with Crippen molar-refractivity contribution in [3.05, 3.63) is 48.5 Å². The summed E-state index contributed by atoms with van der Waals surface area (Å²) < 4.78 is 52.0. The zero-order valence-corrected chi connectivity index (χ0v) is 14.9. The number of fused-ring (bicyclic) bond motifs is 1. The smallest absolute Gasteiger partial charge is 0.282 e. The van der Waals surface area contributed by atoms with Crippen molar-refractivity contribution in [1.82, 2.24) is 15.4 Å². The first-order valence-electron chi connectivity index (χ1n) is 6.04. The number of nitrogens with zero attached hydrogens (tertiary/aromatic N) is 2. The molecule has 132 valence electrons. The summed E-state index contributed by atoms with van der Waals surface area (Å²) in [6, 6.07) is 12.2. The number of aromatic nitrogens is 3. The molecule has 3 aromatic rings. The monoisotopic (exact) mass is 463 g/mol. The van der Waals surface area contributed by atoms with E-state index >= 15 is 0 Å². The Morgan fingerprint density at radius 3 is 1.62 bits per heavy atom. The molecule has 1 aromatic heterocycles. The third-order valence-corrected chi connectivity index (χ3v) is 4.67. The number of hydrogen-bond acceptors (Lipinski definition) is 6. The average Bonchev–Trinajstić information content (AvgIpc) is 2.94. The molecule has 24 heavy (non-hydrogen) atoms. The molecule has 1 heterocycles. The Labute approximate surface area is 153 Å². The SMILES string of the molecule is NS(=O)(=O)c1ccccc1S(=O)(=O)O.[Ag+].c1ccc2n[nH]nc2c1. The molecule has 9 nitrogen and oxygen atoms in total. The molecule has 0 unspecified atom stereocenters. The van der Waals surface area contributed by atoms with E-state index < -0.39 is 29.9 Å². The molecule has 0 saturated carbocycles. The topological polar surface area (TPSA) is 156 Å². The molecule has 3 rings (SSSR count). The predicted molar refractivity (Wildman–Crippen MR) is 81.5 cm³/mol. The Hall–Kier alpha value is -1.60. The van der Waals surface area contributed by atoms with Crippen molar-refractivity contribution in [2.24, 2.45) is 5.14 Å². The number of H-pyrrole nitrogens is 1. The summed E-state index contributed by atoms with van der Waals surface area (Å²) in [5.41, 5.74) is 1.83. The maximum Gasteiger partial charge on any atom is 1.00 e. The van der Waals surface area contributed by atoms with Crippen LogP contribution in [0.3, 0.4) is 0 Å². The number of para-hydroxylation sites is 2. The Kier molecular flexibility index (Phi) is 6.80. The van der Waals surface area contributed by atoms with E-state index in [4.69, 9.17) is 9.69 Å². The third kappa shape index (κ3) is 5.21. The zero-order valence-electron chi connectivity index (χ0n) is 11.8. The van der Waals surface area contributed by atoms with Crippen LogP contribution in [0, 0.1) is 0 Å². The summed E-state index contributed by atoms with van der Waals surface area (Å²) in [5, 5.41) is 15.1. The van der Waals surface area contributed by atoms with Crippen LogP contribution >= 0.6 is 0 Å². The molecule has 0 atom stereocenters. The van der Waals surface area contributed by atoms with Crippen LogP contribution < -0.4 is 5.14 Å². The van der Waals surface area contributed by atoms with Gasteiger partial charge in [0.25, 0.3) is 10.1 Å². The Morgan fingerprint density at radius 2 is 1.25 bits per heavy atom. The minimum Gasteiger partial charge on any atom is -0.282 e. The molecule has 0 radical (unpaired) electrons. The number of nitrogens with one attached hydrogen (secondary N) is 1. The van der Waals surface area contributed by atoms with Crippen LogP contribution in [-0.4, -0.2) is 36.8 Å². The molecule has 4 N–H and O–H groups in total. The number of benzene rings is 2. The van der Waals surface area contributed by atoms with Crippen molar-refractivity contribution in [2.45, 2.75) is 9.79 Å². The molecule has 0 spiro atoms. The van der Waals surface area contributed by atoms with E-state index in [9.17, 15) is 16.8 Å². The van der Waals surface area contributed by atoms with Gasteiger partial charge in [0.1, 0.15) is 20.8 Å². The molecular weight excluding hydrogens is 452 g/mol. The van der Waals surface area contributed by atoms with Crippen molar-refractivity contribution < 1.29 is 43.8 Å². The van der Waals surface area contributed by atoms with Crippen LogP contribution in [0.1, 0.15) is 0 Å². The largest absolute Gasteiger partial charge is 1.00 e. The second kappa shape index (κ2) is 7.98. The normalized spacial score (nSPS) is 11.2. The van der Waals surface area contributed by atoms with Crippen molar-refractivity contribution in [3.8, 4) is 0 Å². The van der Waals surface area contributed by atoms with Gasteiger partial charge in [-0.05, 0) is 24.3 Å². The quantitative estimate of drug-likeness (QED) is 0.369. The third-order valence-electron chi connectivity index (χ3n) is 2.66. The maximum atomic E-state index is 10.9.